The van der Waals surface area contributed by atoms with Crippen LogP contribution in [-0.4, -0.2) is 24.3 Å². The summed E-state index contributed by atoms with van der Waals surface area (Å²) in [7, 11) is 1.33. The Morgan fingerprint density at radius 3 is 2.95 bits per heavy atom. The van der Waals surface area contributed by atoms with Crippen LogP contribution in [0.25, 0.3) is 11.6 Å². The zero-order valence-corrected chi connectivity index (χ0v) is 11.9. The summed E-state index contributed by atoms with van der Waals surface area (Å²) in [6.45, 7) is 0. The van der Waals surface area contributed by atoms with Gasteiger partial charge in [-0.1, -0.05) is 17.4 Å². The Hall–Kier alpha value is -2.67. The molecule has 106 valence electrons. The maximum atomic E-state index is 11.5. The summed E-state index contributed by atoms with van der Waals surface area (Å²) in [4.78, 5) is 30.0. The highest BCUT2D eigenvalue weighted by Gasteiger charge is 2.16. The van der Waals surface area contributed by atoms with Crippen LogP contribution in [0, 0.1) is 0 Å². The van der Waals surface area contributed by atoms with Gasteiger partial charge in [-0.3, -0.25) is 14.8 Å². The van der Waals surface area contributed by atoms with Gasteiger partial charge >= 0.3 is 10.8 Å². The number of methoxy groups -OCH3 is 1. The number of thiazole rings is 1. The van der Waals surface area contributed by atoms with Crippen molar-refractivity contribution in [1.82, 2.24) is 4.98 Å². The molecule has 3 rings (SSSR count). The summed E-state index contributed by atoms with van der Waals surface area (Å²) < 4.78 is 4.68. The molecule has 0 aliphatic carbocycles. The van der Waals surface area contributed by atoms with Crippen LogP contribution in [-0.2, 0) is 4.74 Å². The molecule has 0 unspecified atom stereocenters. The second-order valence-corrected chi connectivity index (χ2v) is 5.39. The molecule has 1 aromatic heterocycles. The molecule has 0 saturated heterocycles. The number of hydrogen-bond acceptors (Lipinski definition) is 6. The van der Waals surface area contributed by atoms with Gasteiger partial charge < -0.3 is 10.5 Å². The Labute approximate surface area is 123 Å². The molecule has 3 N–H and O–H groups in total. The Morgan fingerprint density at radius 1 is 1.48 bits per heavy atom. The van der Waals surface area contributed by atoms with Crippen molar-refractivity contribution in [3.63, 3.8) is 0 Å². The van der Waals surface area contributed by atoms with Crippen LogP contribution in [0.4, 0.5) is 11.5 Å². The third kappa shape index (κ3) is 2.38. The summed E-state index contributed by atoms with van der Waals surface area (Å²) in [5.41, 5.74) is 8.57. The zero-order chi connectivity index (χ0) is 15.0. The highest BCUT2D eigenvalue weighted by molar-refractivity contribution is 7.10. The lowest BCUT2D eigenvalue weighted by molar-refractivity contribution is 0.0601. The van der Waals surface area contributed by atoms with Crippen molar-refractivity contribution < 1.29 is 9.53 Å². The highest BCUT2D eigenvalue weighted by Crippen LogP contribution is 2.34. The molecule has 0 fully saturated rings. The quantitative estimate of drug-likeness (QED) is 0.830. The number of fused-ring (bicyclic) bond motifs is 1. The fourth-order valence-corrected chi connectivity index (χ4v) is 2.76. The van der Waals surface area contributed by atoms with E-state index in [1.165, 1.54) is 7.11 Å². The number of aromatic nitrogens is 1. The number of allylic oxidation sites excluding steroid dienone is 1. The zero-order valence-electron chi connectivity index (χ0n) is 11.0. The number of esters is 1. The van der Waals surface area contributed by atoms with Gasteiger partial charge in [0.25, 0.3) is 0 Å². The normalized spacial score (nSPS) is 14.4. The SMILES string of the molecule is COC(=O)c1ccc2c(c1)N=CC2=Cc1sc(=O)[nH]c1N. The van der Waals surface area contributed by atoms with E-state index in [0.29, 0.717) is 21.9 Å². The summed E-state index contributed by atoms with van der Waals surface area (Å²) >= 11 is 1.04. The van der Waals surface area contributed by atoms with Crippen LogP contribution in [0.5, 0.6) is 0 Å². The molecule has 2 heterocycles. The minimum Gasteiger partial charge on any atom is -0.465 e. The monoisotopic (exact) mass is 301 g/mol. The number of ether oxygens (including phenoxy) is 1. The van der Waals surface area contributed by atoms with Gasteiger partial charge in [-0.05, 0) is 18.2 Å². The third-order valence-corrected chi connectivity index (χ3v) is 3.91. The number of nitrogens with one attached hydrogen (secondary N) is 1. The molecule has 1 aliphatic heterocycles. The minimum atomic E-state index is -0.404. The fourth-order valence-electron chi connectivity index (χ4n) is 2.05. The molecule has 21 heavy (non-hydrogen) atoms. The number of H-pyrrole nitrogens is 1. The Morgan fingerprint density at radius 2 is 2.29 bits per heavy atom. The number of nitrogen functional groups attached to an aromatic ring is 1. The number of nitrogens with two attached hydrogens (primary N) is 1. The van der Waals surface area contributed by atoms with Gasteiger partial charge in [-0.2, -0.15) is 0 Å². The predicted octanol–water partition coefficient (Wildman–Crippen LogP) is 2.06. The van der Waals surface area contributed by atoms with Gasteiger partial charge in [0.2, 0.25) is 0 Å². The average molecular weight is 301 g/mol. The van der Waals surface area contributed by atoms with Crippen molar-refractivity contribution in [3.05, 3.63) is 43.9 Å². The van der Waals surface area contributed by atoms with Crippen molar-refractivity contribution in [2.45, 2.75) is 0 Å². The van der Waals surface area contributed by atoms with Crippen LogP contribution in [0.2, 0.25) is 0 Å². The molecule has 7 heteroatoms. The summed E-state index contributed by atoms with van der Waals surface area (Å²) in [6, 6.07) is 5.14. The maximum Gasteiger partial charge on any atom is 0.337 e. The van der Waals surface area contributed by atoms with Crippen molar-refractivity contribution >= 4 is 46.7 Å². The molecule has 0 saturated carbocycles. The van der Waals surface area contributed by atoms with E-state index in [0.717, 1.165) is 22.5 Å². The number of benzene rings is 1. The van der Waals surface area contributed by atoms with E-state index in [9.17, 15) is 9.59 Å². The number of anilines is 1. The van der Waals surface area contributed by atoms with E-state index in [1.807, 2.05) is 0 Å². The minimum absolute atomic E-state index is 0.199. The predicted molar refractivity (Wildman–Crippen MR) is 83.2 cm³/mol. The fraction of sp³-hybridized carbons (Fsp3) is 0.0714. The maximum absolute atomic E-state index is 11.5. The number of carbonyl (C=O) groups is 1. The van der Waals surface area contributed by atoms with Gasteiger partial charge in [0.05, 0.1) is 23.2 Å². The number of nitrogens with zero attached hydrogens (tertiary/aromatic N) is 1. The van der Waals surface area contributed by atoms with Gasteiger partial charge in [0.15, 0.2) is 0 Å². The molecule has 1 aromatic carbocycles. The first kappa shape index (κ1) is 13.3. The first-order valence-corrected chi connectivity index (χ1v) is 6.87. The van der Waals surface area contributed by atoms with Gasteiger partial charge in [0.1, 0.15) is 5.82 Å². The molecular formula is C14H11N3O3S. The highest BCUT2D eigenvalue weighted by atomic mass is 32.1. The van der Waals surface area contributed by atoms with Crippen molar-refractivity contribution in [1.29, 1.82) is 0 Å². The second-order valence-electron chi connectivity index (χ2n) is 4.37. The third-order valence-electron chi connectivity index (χ3n) is 3.06. The molecular weight excluding hydrogens is 290 g/mol. The van der Waals surface area contributed by atoms with Crippen LogP contribution in [0.3, 0.4) is 0 Å². The smallest absolute Gasteiger partial charge is 0.337 e. The van der Waals surface area contributed by atoms with E-state index in [2.05, 4.69) is 14.7 Å². The van der Waals surface area contributed by atoms with E-state index >= 15 is 0 Å². The van der Waals surface area contributed by atoms with Crippen molar-refractivity contribution in [2.75, 3.05) is 12.8 Å². The molecule has 0 spiro atoms. The van der Waals surface area contributed by atoms with Gasteiger partial charge in [0, 0.05) is 17.4 Å². The number of rotatable bonds is 2. The average Bonchev–Trinajstić information content (AvgIpc) is 3.01. The van der Waals surface area contributed by atoms with Crippen LogP contribution in [0.15, 0.2) is 28.0 Å². The van der Waals surface area contributed by atoms with E-state index in [4.69, 9.17) is 5.73 Å². The Bertz CT molecular complexity index is 845. The Kier molecular flexibility index (Phi) is 3.19. The van der Waals surface area contributed by atoms with Crippen LogP contribution < -0.4 is 10.6 Å². The van der Waals surface area contributed by atoms with E-state index < -0.39 is 5.97 Å². The van der Waals surface area contributed by atoms with E-state index in [1.54, 1.807) is 30.5 Å². The lowest BCUT2D eigenvalue weighted by Gasteiger charge is -2.03. The lowest BCUT2D eigenvalue weighted by atomic mass is 10.0. The van der Waals surface area contributed by atoms with Crippen LogP contribution >= 0.6 is 11.3 Å². The van der Waals surface area contributed by atoms with Crippen molar-refractivity contribution in [3.8, 4) is 0 Å². The molecule has 2 aromatic rings. The standard InChI is InChI=1S/C14H11N3O3S/c1-20-13(18)7-2-3-9-8(6-16-10(9)4-7)5-11-12(15)17-14(19)21-11/h2-6H,15H2,1H3,(H,17,19). The summed E-state index contributed by atoms with van der Waals surface area (Å²) in [6.07, 6.45) is 3.47. The number of aliphatic imine (C=N–C) groups is 1. The molecule has 0 atom stereocenters. The van der Waals surface area contributed by atoms with Crippen LogP contribution in [0.1, 0.15) is 20.8 Å². The van der Waals surface area contributed by atoms with Gasteiger partial charge in [-0.25, -0.2) is 4.79 Å². The Balaban J connectivity index is 2.02. The summed E-state index contributed by atoms with van der Waals surface area (Å²) in [5.74, 6) is -0.0657. The first-order chi connectivity index (χ1) is 10.1. The molecule has 1 aliphatic rings. The lowest BCUT2D eigenvalue weighted by Crippen LogP contribution is -2.00. The number of carbonyl (C=O) groups excluding carboxylic acids is 1. The largest absolute Gasteiger partial charge is 0.465 e. The molecule has 0 radical (unpaired) electrons. The van der Waals surface area contributed by atoms with E-state index in [-0.39, 0.29) is 4.87 Å². The number of aromatic amines is 1. The second kappa shape index (κ2) is 5.02. The van der Waals surface area contributed by atoms with Crippen molar-refractivity contribution in [2.24, 2.45) is 4.99 Å². The first-order valence-electron chi connectivity index (χ1n) is 6.05. The molecule has 0 amide bonds. The number of hydrogen-bond donors (Lipinski definition) is 2. The topological polar surface area (TPSA) is 97.5 Å². The summed E-state index contributed by atoms with van der Waals surface area (Å²) in [5, 5.41) is 0. The van der Waals surface area contributed by atoms with Gasteiger partial charge in [-0.15, -0.1) is 0 Å². The molecule has 6 nitrogen and oxygen atoms in total. The molecule has 0 bridgehead atoms.